The molecule has 0 bridgehead atoms. The minimum absolute atomic E-state index is 0.0337. The van der Waals surface area contributed by atoms with Crippen molar-refractivity contribution in [2.75, 3.05) is 0 Å². The highest BCUT2D eigenvalue weighted by Gasteiger charge is 2.74. The molecule has 0 unspecified atom stereocenters. The second-order valence-corrected chi connectivity index (χ2v) is 11.3. The van der Waals surface area contributed by atoms with E-state index in [9.17, 15) is 9.59 Å². The Morgan fingerprint density at radius 3 is 2.48 bits per heavy atom. The fourth-order valence-corrected chi connectivity index (χ4v) is 7.19. The summed E-state index contributed by atoms with van der Waals surface area (Å²) in [5.74, 6) is 1.54. The van der Waals surface area contributed by atoms with Gasteiger partial charge >= 0.3 is 5.97 Å². The van der Waals surface area contributed by atoms with Crippen LogP contribution in [0.15, 0.2) is 0 Å². The number of ether oxygens (including phenoxy) is 2. The SMILES string of the molecule is CC(C)[C@@H]1CC[C@@H](C)C[C@H]1O[C@@H]1OC(=O)[C@@H]2[C@H]1[C@@H]1C(=O)CC(C)(C)C[C@]21C. The number of carbonyl (C=O) groups excluding carboxylic acids is 2. The molecule has 0 radical (unpaired) electrons. The van der Waals surface area contributed by atoms with Crippen molar-refractivity contribution in [1.82, 2.24) is 0 Å². The lowest BCUT2D eigenvalue weighted by molar-refractivity contribution is -0.226. The normalized spacial score (nSPS) is 48.6. The fraction of sp³-hybridized carbons (Fsp3) is 0.913. The molecular weight excluding hydrogens is 340 g/mol. The second kappa shape index (κ2) is 6.30. The van der Waals surface area contributed by atoms with Crippen molar-refractivity contribution in [1.29, 1.82) is 0 Å². The van der Waals surface area contributed by atoms with E-state index in [1.54, 1.807) is 0 Å². The summed E-state index contributed by atoms with van der Waals surface area (Å²) in [6.07, 6.45) is 4.56. The number of hydrogen-bond donors (Lipinski definition) is 0. The number of rotatable bonds is 3. The predicted molar refractivity (Wildman–Crippen MR) is 103 cm³/mol. The Labute approximate surface area is 163 Å². The molecule has 1 heterocycles. The summed E-state index contributed by atoms with van der Waals surface area (Å²) in [6, 6.07) is 0. The summed E-state index contributed by atoms with van der Waals surface area (Å²) in [6.45, 7) is 13.2. The van der Waals surface area contributed by atoms with Gasteiger partial charge in [0.2, 0.25) is 6.29 Å². The second-order valence-electron chi connectivity index (χ2n) is 11.3. The molecule has 1 aliphatic heterocycles. The molecule has 4 fully saturated rings. The molecule has 3 saturated carbocycles. The maximum Gasteiger partial charge on any atom is 0.312 e. The molecule has 1 saturated heterocycles. The first-order valence-electron chi connectivity index (χ1n) is 10.9. The third kappa shape index (κ3) is 2.97. The van der Waals surface area contributed by atoms with Gasteiger partial charge in [-0.25, -0.2) is 0 Å². The van der Waals surface area contributed by atoms with Crippen molar-refractivity contribution >= 4 is 11.8 Å². The maximum atomic E-state index is 13.0. The Morgan fingerprint density at radius 2 is 1.81 bits per heavy atom. The Balaban J connectivity index is 1.55. The van der Waals surface area contributed by atoms with Crippen LogP contribution in [0, 0.1) is 46.3 Å². The van der Waals surface area contributed by atoms with E-state index in [0.717, 1.165) is 12.8 Å². The zero-order valence-corrected chi connectivity index (χ0v) is 17.8. The molecule has 152 valence electrons. The molecule has 27 heavy (non-hydrogen) atoms. The summed E-state index contributed by atoms with van der Waals surface area (Å²) < 4.78 is 12.3. The minimum atomic E-state index is -0.526. The van der Waals surface area contributed by atoms with Crippen molar-refractivity contribution in [3.8, 4) is 0 Å². The Bertz CT molecular complexity index is 638. The molecule has 4 rings (SSSR count). The van der Waals surface area contributed by atoms with Crippen LogP contribution in [0.25, 0.3) is 0 Å². The van der Waals surface area contributed by atoms with Gasteiger partial charge in [0.25, 0.3) is 0 Å². The van der Waals surface area contributed by atoms with Crippen molar-refractivity contribution in [3.05, 3.63) is 0 Å². The van der Waals surface area contributed by atoms with Crippen molar-refractivity contribution < 1.29 is 19.1 Å². The highest BCUT2D eigenvalue weighted by Crippen LogP contribution is 2.68. The Hall–Kier alpha value is -0.900. The number of hydrogen-bond acceptors (Lipinski definition) is 4. The number of cyclic esters (lactones) is 1. The summed E-state index contributed by atoms with van der Waals surface area (Å²) in [7, 11) is 0. The van der Waals surface area contributed by atoms with Gasteiger partial charge in [-0.2, -0.15) is 0 Å². The van der Waals surface area contributed by atoms with Crippen LogP contribution in [0.5, 0.6) is 0 Å². The lowest BCUT2D eigenvalue weighted by Gasteiger charge is -2.60. The Morgan fingerprint density at radius 1 is 1.11 bits per heavy atom. The van der Waals surface area contributed by atoms with E-state index < -0.39 is 6.29 Å². The molecule has 4 aliphatic rings. The molecule has 0 spiro atoms. The van der Waals surface area contributed by atoms with Gasteiger partial charge in [-0.15, -0.1) is 0 Å². The number of esters is 1. The highest BCUT2D eigenvalue weighted by molar-refractivity contribution is 5.90. The standard InChI is InChI=1S/C23H36O4/c1-12(2)14-8-7-13(3)9-16(14)26-21-17-18-15(24)10-22(4,5)11-23(18,6)19(17)20(25)27-21/h12-14,16-19,21H,7-11H2,1-6H3/t13-,14+,16-,17-,18+,19+,21-,23+/m1/s1. The highest BCUT2D eigenvalue weighted by atomic mass is 16.7. The number of fused-ring (bicyclic) bond motifs is 4. The molecule has 8 atom stereocenters. The van der Waals surface area contributed by atoms with Gasteiger partial charge in [-0.1, -0.05) is 48.0 Å². The third-order valence-electron chi connectivity index (χ3n) is 8.12. The van der Waals surface area contributed by atoms with Crippen LogP contribution >= 0.6 is 0 Å². The van der Waals surface area contributed by atoms with Gasteiger partial charge < -0.3 is 9.47 Å². The lowest BCUT2D eigenvalue weighted by Crippen LogP contribution is -2.64. The quantitative estimate of drug-likeness (QED) is 0.675. The molecule has 0 amide bonds. The maximum absolute atomic E-state index is 13.0. The molecule has 4 nitrogen and oxygen atoms in total. The van der Waals surface area contributed by atoms with Gasteiger partial charge in [-0.3, -0.25) is 9.59 Å². The van der Waals surface area contributed by atoms with E-state index in [0.29, 0.717) is 30.0 Å². The largest absolute Gasteiger partial charge is 0.435 e. The van der Waals surface area contributed by atoms with Crippen LogP contribution in [-0.2, 0) is 19.1 Å². The van der Waals surface area contributed by atoms with E-state index in [4.69, 9.17) is 9.47 Å². The van der Waals surface area contributed by atoms with Crippen LogP contribution in [-0.4, -0.2) is 24.1 Å². The predicted octanol–water partition coefficient (Wildman–Crippen LogP) is 4.60. The lowest BCUT2D eigenvalue weighted by atomic mass is 9.40. The number of Topliss-reactive ketones (excluding diaryl/α,β-unsaturated/α-hetero) is 1. The molecule has 0 N–H and O–H groups in total. The third-order valence-corrected chi connectivity index (χ3v) is 8.12. The van der Waals surface area contributed by atoms with Gasteiger partial charge in [0.15, 0.2) is 0 Å². The number of ketones is 1. The first-order valence-corrected chi connectivity index (χ1v) is 10.9. The van der Waals surface area contributed by atoms with E-state index in [1.165, 1.54) is 12.8 Å². The Kier molecular flexibility index (Phi) is 4.53. The zero-order valence-electron chi connectivity index (χ0n) is 17.8. The smallest absolute Gasteiger partial charge is 0.312 e. The summed E-state index contributed by atoms with van der Waals surface area (Å²) in [5, 5.41) is 0. The monoisotopic (exact) mass is 376 g/mol. The van der Waals surface area contributed by atoms with Crippen molar-refractivity contribution in [2.24, 2.45) is 46.3 Å². The first kappa shape index (κ1) is 19.4. The topological polar surface area (TPSA) is 52.6 Å². The molecule has 0 aromatic heterocycles. The molecule has 0 aromatic rings. The molecule has 4 heteroatoms. The van der Waals surface area contributed by atoms with Gasteiger partial charge in [0.1, 0.15) is 5.78 Å². The van der Waals surface area contributed by atoms with Crippen LogP contribution in [0.2, 0.25) is 0 Å². The number of carbonyl (C=O) groups is 2. The summed E-state index contributed by atoms with van der Waals surface area (Å²) >= 11 is 0. The molecule has 0 aromatic carbocycles. The fourth-order valence-electron chi connectivity index (χ4n) is 7.19. The van der Waals surface area contributed by atoms with E-state index >= 15 is 0 Å². The average molecular weight is 377 g/mol. The van der Waals surface area contributed by atoms with Gasteiger partial charge in [-0.05, 0) is 47.8 Å². The molecule has 3 aliphatic carbocycles. The van der Waals surface area contributed by atoms with Gasteiger partial charge in [0.05, 0.1) is 12.0 Å². The minimum Gasteiger partial charge on any atom is -0.435 e. The molecular formula is C23H36O4. The van der Waals surface area contributed by atoms with Crippen LogP contribution in [0.1, 0.15) is 73.6 Å². The van der Waals surface area contributed by atoms with E-state index in [2.05, 4.69) is 41.5 Å². The van der Waals surface area contributed by atoms with Crippen LogP contribution in [0.3, 0.4) is 0 Å². The summed E-state index contributed by atoms with van der Waals surface area (Å²) in [5.41, 5.74) is -0.288. The summed E-state index contributed by atoms with van der Waals surface area (Å²) in [4.78, 5) is 25.7. The van der Waals surface area contributed by atoms with Crippen LogP contribution in [0.4, 0.5) is 0 Å². The van der Waals surface area contributed by atoms with Gasteiger partial charge in [0, 0.05) is 18.3 Å². The zero-order chi connectivity index (χ0) is 19.7. The van der Waals surface area contributed by atoms with Crippen molar-refractivity contribution in [2.45, 2.75) is 86.0 Å². The van der Waals surface area contributed by atoms with E-state index in [1.807, 2.05) is 0 Å². The van der Waals surface area contributed by atoms with Crippen LogP contribution < -0.4 is 0 Å². The first-order chi connectivity index (χ1) is 12.5. The average Bonchev–Trinajstić information content (AvgIpc) is 2.77. The van der Waals surface area contributed by atoms with E-state index in [-0.39, 0.29) is 40.7 Å². The van der Waals surface area contributed by atoms with Crippen molar-refractivity contribution in [3.63, 3.8) is 0 Å².